The zero-order chi connectivity index (χ0) is 12.5. The smallest absolute Gasteiger partial charge is 0.264 e. The van der Waals surface area contributed by atoms with Crippen LogP contribution in [-0.4, -0.2) is 33.0 Å². The fourth-order valence-corrected chi connectivity index (χ4v) is 3.77. The van der Waals surface area contributed by atoms with Gasteiger partial charge in [0.25, 0.3) is 5.91 Å². The number of aromatic amines is 1. The van der Waals surface area contributed by atoms with Crippen LogP contribution in [0.1, 0.15) is 15.5 Å². The molecule has 1 N–H and O–H groups in total. The first-order valence-electron chi connectivity index (χ1n) is 5.31. The van der Waals surface area contributed by atoms with Crippen molar-refractivity contribution in [2.24, 2.45) is 0 Å². The molecular weight excluding hydrogens is 268 g/mol. The van der Waals surface area contributed by atoms with E-state index in [0.29, 0.717) is 12.4 Å². The summed E-state index contributed by atoms with van der Waals surface area (Å²) in [6.07, 6.45) is 1.44. The Morgan fingerprint density at radius 2 is 2.39 bits per heavy atom. The number of aromatic nitrogens is 3. The average molecular weight is 278 g/mol. The number of amides is 1. The molecule has 0 atom stereocenters. The maximum absolute atomic E-state index is 12.2. The molecule has 0 bridgehead atoms. The quantitative estimate of drug-likeness (QED) is 0.800. The van der Waals surface area contributed by atoms with E-state index in [4.69, 9.17) is 0 Å². The van der Waals surface area contributed by atoms with Crippen LogP contribution in [0, 0.1) is 0 Å². The summed E-state index contributed by atoms with van der Waals surface area (Å²) in [6.45, 7) is 0.435. The number of rotatable bonds is 3. The standard InChI is InChI=1S/C11H10N4OS2/c1-15(5-10-12-6-13-14-10)11(16)9-4-8-7(18-9)2-3-17-8/h2-4,6H,5H2,1H3,(H,12,13,14). The van der Waals surface area contributed by atoms with Crippen molar-refractivity contribution in [1.29, 1.82) is 0 Å². The molecule has 0 aromatic carbocycles. The van der Waals surface area contributed by atoms with E-state index in [1.54, 1.807) is 23.3 Å². The lowest BCUT2D eigenvalue weighted by molar-refractivity contribution is 0.0786. The van der Waals surface area contributed by atoms with Gasteiger partial charge in [0.1, 0.15) is 12.2 Å². The zero-order valence-electron chi connectivity index (χ0n) is 9.58. The van der Waals surface area contributed by atoms with Gasteiger partial charge in [-0.2, -0.15) is 5.10 Å². The minimum atomic E-state index is 0.0137. The predicted molar refractivity (Wildman–Crippen MR) is 71.9 cm³/mol. The number of thiophene rings is 2. The summed E-state index contributed by atoms with van der Waals surface area (Å²) >= 11 is 3.18. The summed E-state index contributed by atoms with van der Waals surface area (Å²) in [5.74, 6) is 0.698. The summed E-state index contributed by atoms with van der Waals surface area (Å²) in [5.41, 5.74) is 0. The van der Waals surface area contributed by atoms with E-state index in [2.05, 4.69) is 15.2 Å². The minimum absolute atomic E-state index is 0.0137. The summed E-state index contributed by atoms with van der Waals surface area (Å²) in [6, 6.07) is 3.99. The van der Waals surface area contributed by atoms with Crippen molar-refractivity contribution in [3.05, 3.63) is 34.5 Å². The highest BCUT2D eigenvalue weighted by molar-refractivity contribution is 7.27. The van der Waals surface area contributed by atoms with Gasteiger partial charge < -0.3 is 4.90 Å². The van der Waals surface area contributed by atoms with Crippen molar-refractivity contribution in [2.45, 2.75) is 6.54 Å². The number of nitrogens with zero attached hydrogens (tertiary/aromatic N) is 3. The van der Waals surface area contributed by atoms with Crippen molar-refractivity contribution >= 4 is 38.0 Å². The molecule has 7 heteroatoms. The van der Waals surface area contributed by atoms with E-state index >= 15 is 0 Å². The number of hydrogen-bond acceptors (Lipinski definition) is 5. The Labute approximate surface area is 111 Å². The molecule has 0 saturated heterocycles. The summed E-state index contributed by atoms with van der Waals surface area (Å²) in [5, 5.41) is 8.55. The molecule has 0 aliphatic rings. The molecule has 0 saturated carbocycles. The number of carbonyl (C=O) groups excluding carboxylic acids is 1. The van der Waals surface area contributed by atoms with Gasteiger partial charge in [0, 0.05) is 16.4 Å². The second-order valence-electron chi connectivity index (χ2n) is 3.85. The topological polar surface area (TPSA) is 61.9 Å². The van der Waals surface area contributed by atoms with Crippen molar-refractivity contribution in [2.75, 3.05) is 7.05 Å². The highest BCUT2D eigenvalue weighted by Gasteiger charge is 2.16. The predicted octanol–water partition coefficient (Wildman–Crippen LogP) is 2.35. The van der Waals surface area contributed by atoms with Crippen molar-refractivity contribution in [3.8, 4) is 0 Å². The van der Waals surface area contributed by atoms with Crippen LogP contribution in [0.15, 0.2) is 23.8 Å². The first-order chi connectivity index (χ1) is 8.74. The van der Waals surface area contributed by atoms with Crippen LogP contribution < -0.4 is 0 Å². The summed E-state index contributed by atoms with van der Waals surface area (Å²) < 4.78 is 2.33. The highest BCUT2D eigenvalue weighted by atomic mass is 32.1. The van der Waals surface area contributed by atoms with Crippen molar-refractivity contribution in [3.63, 3.8) is 0 Å². The van der Waals surface area contributed by atoms with Crippen LogP contribution in [0.5, 0.6) is 0 Å². The van der Waals surface area contributed by atoms with Crippen LogP contribution in [0.3, 0.4) is 0 Å². The third-order valence-corrected chi connectivity index (χ3v) is 4.63. The molecule has 0 aliphatic carbocycles. The van der Waals surface area contributed by atoms with Crippen molar-refractivity contribution in [1.82, 2.24) is 20.1 Å². The molecule has 1 amide bonds. The number of H-pyrrole nitrogens is 1. The fraction of sp³-hybridized carbons (Fsp3) is 0.182. The molecular formula is C11H10N4OS2. The molecule has 0 spiro atoms. The minimum Gasteiger partial charge on any atom is -0.333 e. The van der Waals surface area contributed by atoms with E-state index in [9.17, 15) is 4.79 Å². The second-order valence-corrected chi connectivity index (χ2v) is 5.88. The van der Waals surface area contributed by atoms with E-state index in [-0.39, 0.29) is 5.91 Å². The molecule has 0 radical (unpaired) electrons. The SMILES string of the molecule is CN(Cc1ncn[nH]1)C(=O)c1cc2sccc2s1. The Morgan fingerprint density at radius 1 is 1.50 bits per heavy atom. The normalized spacial score (nSPS) is 10.9. The maximum atomic E-state index is 12.2. The van der Waals surface area contributed by atoms with Crippen molar-refractivity contribution < 1.29 is 4.79 Å². The van der Waals surface area contributed by atoms with Crippen LogP contribution >= 0.6 is 22.7 Å². The molecule has 3 heterocycles. The van der Waals surface area contributed by atoms with E-state index < -0.39 is 0 Å². The van der Waals surface area contributed by atoms with Crippen LogP contribution in [0.25, 0.3) is 9.40 Å². The third-order valence-electron chi connectivity index (χ3n) is 2.55. The summed E-state index contributed by atoms with van der Waals surface area (Å²) in [7, 11) is 1.76. The van der Waals surface area contributed by atoms with E-state index in [1.165, 1.54) is 17.7 Å². The Bertz CT molecular complexity index is 642. The molecule has 92 valence electrons. The third kappa shape index (κ3) is 2.02. The number of nitrogens with one attached hydrogen (secondary N) is 1. The number of fused-ring (bicyclic) bond motifs is 1. The lowest BCUT2D eigenvalue weighted by Gasteiger charge is -2.13. The van der Waals surface area contributed by atoms with Gasteiger partial charge in [-0.25, -0.2) is 4.98 Å². The molecule has 3 aromatic rings. The van der Waals surface area contributed by atoms with Gasteiger partial charge in [-0.3, -0.25) is 9.89 Å². The Kier molecular flexibility index (Phi) is 2.85. The van der Waals surface area contributed by atoms with Gasteiger partial charge in [0.15, 0.2) is 0 Å². The molecule has 0 aliphatic heterocycles. The highest BCUT2D eigenvalue weighted by Crippen LogP contribution is 2.30. The first kappa shape index (κ1) is 11.4. The van der Waals surface area contributed by atoms with Crippen LogP contribution in [0.4, 0.5) is 0 Å². The van der Waals surface area contributed by atoms with Gasteiger partial charge >= 0.3 is 0 Å². The second kappa shape index (κ2) is 4.51. The lowest BCUT2D eigenvalue weighted by Crippen LogP contribution is -2.25. The molecule has 5 nitrogen and oxygen atoms in total. The maximum Gasteiger partial charge on any atom is 0.264 e. The van der Waals surface area contributed by atoms with Gasteiger partial charge in [-0.05, 0) is 17.5 Å². The first-order valence-corrected chi connectivity index (χ1v) is 7.00. The van der Waals surface area contributed by atoms with Crippen LogP contribution in [0.2, 0.25) is 0 Å². The lowest BCUT2D eigenvalue weighted by atomic mass is 10.4. The number of hydrogen-bond donors (Lipinski definition) is 1. The number of carbonyl (C=O) groups is 1. The Hall–Kier alpha value is -1.73. The van der Waals surface area contributed by atoms with Gasteiger partial charge in [0.05, 0.1) is 11.4 Å². The summed E-state index contributed by atoms with van der Waals surface area (Å²) in [4.78, 5) is 18.6. The van der Waals surface area contributed by atoms with E-state index in [1.807, 2.05) is 17.5 Å². The Balaban J connectivity index is 1.79. The van der Waals surface area contributed by atoms with Gasteiger partial charge in [-0.15, -0.1) is 22.7 Å². The molecule has 3 aromatic heterocycles. The monoisotopic (exact) mass is 278 g/mol. The van der Waals surface area contributed by atoms with E-state index in [0.717, 1.165) is 14.3 Å². The molecule has 18 heavy (non-hydrogen) atoms. The van der Waals surface area contributed by atoms with Crippen LogP contribution in [-0.2, 0) is 6.54 Å². The average Bonchev–Trinajstić information content (AvgIpc) is 3.02. The Morgan fingerprint density at radius 3 is 3.11 bits per heavy atom. The molecule has 3 rings (SSSR count). The van der Waals surface area contributed by atoms with Gasteiger partial charge in [0.2, 0.25) is 0 Å². The zero-order valence-corrected chi connectivity index (χ0v) is 11.2. The molecule has 0 unspecified atom stereocenters. The molecule has 0 fully saturated rings. The largest absolute Gasteiger partial charge is 0.333 e. The fourth-order valence-electron chi connectivity index (χ4n) is 1.66. The van der Waals surface area contributed by atoms with Gasteiger partial charge in [-0.1, -0.05) is 0 Å².